The average Bonchev–Trinajstić information content (AvgIpc) is 2.61. The van der Waals surface area contributed by atoms with E-state index in [1.54, 1.807) is 19.5 Å². The summed E-state index contributed by atoms with van der Waals surface area (Å²) in [6.45, 7) is 6.37. The van der Waals surface area contributed by atoms with Crippen LogP contribution in [0.15, 0.2) is 39.8 Å². The van der Waals surface area contributed by atoms with Crippen molar-refractivity contribution < 1.29 is 18.6 Å². The number of nitrogens with zero attached hydrogens (tertiary/aromatic N) is 1. The summed E-state index contributed by atoms with van der Waals surface area (Å²) in [5.41, 5.74) is 3.91. The molecule has 0 fully saturated rings. The number of nitrogens with one attached hydrogen (secondary N) is 1. The minimum atomic E-state index is -0.421. The summed E-state index contributed by atoms with van der Waals surface area (Å²) in [4.78, 5) is 0. The van der Waals surface area contributed by atoms with E-state index in [0.717, 1.165) is 10.0 Å². The van der Waals surface area contributed by atoms with Gasteiger partial charge >= 0.3 is 0 Å². The normalized spacial score (nSPS) is 14.3. The minimum Gasteiger partial charge on any atom is -0.493 e. The lowest BCUT2D eigenvalue weighted by Gasteiger charge is -2.36. The molecule has 1 aliphatic rings. The van der Waals surface area contributed by atoms with Gasteiger partial charge in [-0.15, -0.1) is 0 Å². The van der Waals surface area contributed by atoms with Crippen molar-refractivity contribution in [2.45, 2.75) is 39.3 Å². The van der Waals surface area contributed by atoms with Crippen molar-refractivity contribution in [2.75, 3.05) is 20.4 Å². The number of hydrazine groups is 1. The third kappa shape index (κ3) is 5.94. The molecular weight excluding hydrogens is 439 g/mol. The number of halogens is 3. The predicted molar refractivity (Wildman–Crippen MR) is 108 cm³/mol. The molecule has 8 heteroatoms. The highest BCUT2D eigenvalue weighted by Crippen LogP contribution is 2.37. The molecule has 0 saturated carbocycles. The molecule has 0 bridgehead atoms. The Kier molecular flexibility index (Phi) is 7.68. The Morgan fingerprint density at radius 3 is 2.59 bits per heavy atom. The van der Waals surface area contributed by atoms with Crippen molar-refractivity contribution in [1.29, 1.82) is 0 Å². The predicted octanol–water partition coefficient (Wildman–Crippen LogP) is 5.25. The average molecular weight is 464 g/mol. The Balaban J connectivity index is 2.05. The lowest BCUT2D eigenvalue weighted by Crippen LogP contribution is -2.46. The van der Waals surface area contributed by atoms with Gasteiger partial charge in [0.1, 0.15) is 11.6 Å². The van der Waals surface area contributed by atoms with Crippen molar-refractivity contribution in [3.63, 3.8) is 0 Å². The molecule has 0 radical (unpaired) electrons. The van der Waals surface area contributed by atoms with Crippen LogP contribution in [0.5, 0.6) is 11.5 Å². The van der Waals surface area contributed by atoms with E-state index in [2.05, 4.69) is 42.1 Å². The summed E-state index contributed by atoms with van der Waals surface area (Å²) in [5, 5.41) is 2.42. The van der Waals surface area contributed by atoms with Gasteiger partial charge in [-0.3, -0.25) is 9.40 Å². The molecule has 0 atom stereocenters. The third-order valence-corrected chi connectivity index (χ3v) is 4.62. The molecule has 1 N–H and O–H groups in total. The zero-order valence-electron chi connectivity index (χ0n) is 15.9. The van der Waals surface area contributed by atoms with Gasteiger partial charge in [-0.05, 0) is 54.4 Å². The molecule has 0 unspecified atom stereocenters. The molecule has 2 rings (SSSR count). The van der Waals surface area contributed by atoms with Gasteiger partial charge in [-0.2, -0.15) is 0 Å². The highest BCUT2D eigenvalue weighted by atomic mass is 79.9. The van der Waals surface area contributed by atoms with E-state index < -0.39 is 6.67 Å². The fraction of sp³-hybridized carbons (Fsp3) is 0.474. The monoisotopic (exact) mass is 462 g/mol. The van der Waals surface area contributed by atoms with Crippen LogP contribution < -0.4 is 14.9 Å². The van der Waals surface area contributed by atoms with Gasteiger partial charge in [0.05, 0.1) is 36.6 Å². The quantitative estimate of drug-likeness (QED) is 0.533. The van der Waals surface area contributed by atoms with Gasteiger partial charge in [-0.25, -0.2) is 0 Å². The van der Waals surface area contributed by atoms with Gasteiger partial charge in [-0.1, -0.05) is 11.6 Å². The van der Waals surface area contributed by atoms with Crippen molar-refractivity contribution in [3.05, 3.63) is 45.4 Å². The molecule has 1 aromatic rings. The molecule has 0 amide bonds. The second kappa shape index (κ2) is 9.55. The SMILES string of the molecule is COc1cc(COC2=CNN(C(C)(C)C)C=C2Cl)cc(Br)c1OCCCF. The summed E-state index contributed by atoms with van der Waals surface area (Å²) in [6.07, 6.45) is 3.86. The Bertz CT molecular complexity index is 720. The maximum atomic E-state index is 12.3. The zero-order valence-corrected chi connectivity index (χ0v) is 18.3. The number of allylic oxidation sites excluding steroid dienone is 1. The topological polar surface area (TPSA) is 43.0 Å². The number of benzene rings is 1. The van der Waals surface area contributed by atoms with Gasteiger partial charge in [0.15, 0.2) is 17.3 Å². The number of ether oxygens (including phenoxy) is 3. The fourth-order valence-electron chi connectivity index (χ4n) is 2.30. The molecule has 150 valence electrons. The Hall–Kier alpha value is -1.60. The zero-order chi connectivity index (χ0) is 20.0. The summed E-state index contributed by atoms with van der Waals surface area (Å²) >= 11 is 9.81. The van der Waals surface area contributed by atoms with Crippen LogP contribution in [-0.2, 0) is 11.3 Å². The lowest BCUT2D eigenvalue weighted by atomic mass is 10.1. The number of alkyl halides is 1. The third-order valence-electron chi connectivity index (χ3n) is 3.74. The molecule has 0 aliphatic carbocycles. The van der Waals surface area contributed by atoms with E-state index >= 15 is 0 Å². The van der Waals surface area contributed by atoms with Crippen LogP contribution in [0.4, 0.5) is 4.39 Å². The first-order valence-corrected chi connectivity index (χ1v) is 9.74. The molecule has 1 aliphatic heterocycles. The van der Waals surface area contributed by atoms with Crippen LogP contribution >= 0.6 is 27.5 Å². The molecule has 27 heavy (non-hydrogen) atoms. The van der Waals surface area contributed by atoms with Crippen molar-refractivity contribution >= 4 is 27.5 Å². The molecule has 1 aromatic carbocycles. The smallest absolute Gasteiger partial charge is 0.175 e. The van der Waals surface area contributed by atoms with Crippen LogP contribution in [0, 0.1) is 0 Å². The first-order valence-electron chi connectivity index (χ1n) is 8.57. The van der Waals surface area contributed by atoms with E-state index in [0.29, 0.717) is 35.3 Å². The van der Waals surface area contributed by atoms with E-state index in [4.69, 9.17) is 25.8 Å². The fourth-order valence-corrected chi connectivity index (χ4v) is 3.11. The summed E-state index contributed by atoms with van der Waals surface area (Å²) < 4.78 is 29.8. The Morgan fingerprint density at radius 1 is 1.26 bits per heavy atom. The second-order valence-electron chi connectivity index (χ2n) is 6.94. The number of methoxy groups -OCH3 is 1. The molecular formula is C19H25BrClFN2O3. The van der Waals surface area contributed by atoms with Gasteiger partial charge < -0.3 is 19.6 Å². The lowest BCUT2D eigenvalue weighted by molar-refractivity contribution is 0.141. The first-order chi connectivity index (χ1) is 12.8. The Labute approximate surface area is 173 Å². The second-order valence-corrected chi connectivity index (χ2v) is 8.21. The number of hydrogen-bond donors (Lipinski definition) is 1. The molecule has 0 saturated heterocycles. The largest absolute Gasteiger partial charge is 0.493 e. The van der Waals surface area contributed by atoms with Crippen molar-refractivity contribution in [1.82, 2.24) is 10.4 Å². The van der Waals surface area contributed by atoms with E-state index in [1.807, 2.05) is 17.1 Å². The van der Waals surface area contributed by atoms with Gasteiger partial charge in [0, 0.05) is 12.6 Å². The molecule has 0 spiro atoms. The number of rotatable bonds is 8. The van der Waals surface area contributed by atoms with E-state index in [-0.39, 0.29) is 12.1 Å². The highest BCUT2D eigenvalue weighted by molar-refractivity contribution is 9.10. The van der Waals surface area contributed by atoms with Crippen LogP contribution in [-0.4, -0.2) is 30.9 Å². The van der Waals surface area contributed by atoms with E-state index in [9.17, 15) is 4.39 Å². The number of hydrogen-bond acceptors (Lipinski definition) is 5. The van der Waals surface area contributed by atoms with Gasteiger partial charge in [0.25, 0.3) is 0 Å². The summed E-state index contributed by atoms with van der Waals surface area (Å²) in [6, 6.07) is 3.70. The maximum Gasteiger partial charge on any atom is 0.175 e. The van der Waals surface area contributed by atoms with E-state index in [1.165, 1.54) is 0 Å². The van der Waals surface area contributed by atoms with Crippen LogP contribution in [0.25, 0.3) is 0 Å². The highest BCUT2D eigenvalue weighted by Gasteiger charge is 2.22. The van der Waals surface area contributed by atoms with Crippen LogP contribution in [0.3, 0.4) is 0 Å². The minimum absolute atomic E-state index is 0.113. The summed E-state index contributed by atoms with van der Waals surface area (Å²) in [7, 11) is 1.56. The Morgan fingerprint density at radius 2 is 2.00 bits per heavy atom. The standard InChI is InChI=1S/C19H25BrClFN2O3/c1-19(2,3)24-11-15(21)17(10-23-24)27-12-13-8-14(20)18(16(9-13)25-4)26-7-5-6-22/h8-11,23H,5-7,12H2,1-4H3. The summed E-state index contributed by atoms with van der Waals surface area (Å²) in [5.74, 6) is 1.65. The molecule has 0 aromatic heterocycles. The van der Waals surface area contributed by atoms with Crippen molar-refractivity contribution in [3.8, 4) is 11.5 Å². The van der Waals surface area contributed by atoms with Crippen LogP contribution in [0.1, 0.15) is 32.8 Å². The first kappa shape index (κ1) is 21.7. The maximum absolute atomic E-state index is 12.3. The molecule has 1 heterocycles. The van der Waals surface area contributed by atoms with Gasteiger partial charge in [0.2, 0.25) is 0 Å². The van der Waals surface area contributed by atoms with Crippen LogP contribution in [0.2, 0.25) is 0 Å². The molecule has 5 nitrogen and oxygen atoms in total. The van der Waals surface area contributed by atoms with Crippen molar-refractivity contribution in [2.24, 2.45) is 0 Å².